The van der Waals surface area contributed by atoms with Crippen LogP contribution in [0, 0.1) is 13.8 Å². The number of nitrogens with two attached hydrogens (primary N) is 2. The predicted octanol–water partition coefficient (Wildman–Crippen LogP) is 3.32. The molecule has 366 valence electrons. The van der Waals surface area contributed by atoms with Crippen LogP contribution in [-0.2, 0) is 31.0 Å². The summed E-state index contributed by atoms with van der Waals surface area (Å²) in [5.41, 5.74) is 15.6. The van der Waals surface area contributed by atoms with Gasteiger partial charge in [0, 0.05) is 76.5 Å². The van der Waals surface area contributed by atoms with Crippen molar-refractivity contribution < 1.29 is 33.4 Å². The smallest absolute Gasteiger partial charge is 0.276 e. The Kier molecular flexibility index (Phi) is 15.7. The molecular weight excluding hydrogens is 887 g/mol. The molecule has 0 atom stereocenters. The number of methoxy groups -OCH3 is 1. The van der Waals surface area contributed by atoms with Gasteiger partial charge in [0.25, 0.3) is 11.8 Å². The number of carbonyl (C=O) groups excluding carboxylic acids is 5. The van der Waals surface area contributed by atoms with Crippen LogP contribution in [0.4, 0.5) is 11.9 Å². The minimum atomic E-state index is -0.675. The van der Waals surface area contributed by atoms with Gasteiger partial charge in [-0.2, -0.15) is 10.2 Å². The van der Waals surface area contributed by atoms with Crippen molar-refractivity contribution in [2.75, 3.05) is 70.7 Å². The molecule has 0 aliphatic carbocycles. The fourth-order valence-electron chi connectivity index (χ4n) is 8.45. The second-order valence-electron chi connectivity index (χ2n) is 16.7. The summed E-state index contributed by atoms with van der Waals surface area (Å²) in [6.45, 7) is 13.3. The zero-order valence-electron chi connectivity index (χ0n) is 40.0. The highest BCUT2D eigenvalue weighted by atomic mass is 16.5. The normalized spacial score (nSPS) is 13.2. The van der Waals surface area contributed by atoms with Gasteiger partial charge in [-0.1, -0.05) is 12.2 Å². The van der Waals surface area contributed by atoms with Crippen LogP contribution in [0.1, 0.15) is 86.2 Å². The van der Waals surface area contributed by atoms with Crippen molar-refractivity contribution >= 4 is 63.5 Å². The Morgan fingerprint density at radius 3 is 1.70 bits per heavy atom. The van der Waals surface area contributed by atoms with Gasteiger partial charge in [0.1, 0.15) is 33.9 Å². The molecule has 1 aliphatic rings. The molecule has 2 aromatic carbocycles. The highest BCUT2D eigenvalue weighted by Gasteiger charge is 2.25. The van der Waals surface area contributed by atoms with Crippen molar-refractivity contribution in [3.63, 3.8) is 0 Å². The third-order valence-electron chi connectivity index (χ3n) is 11.9. The molecule has 0 unspecified atom stereocenters. The molecule has 0 bridgehead atoms. The van der Waals surface area contributed by atoms with Crippen molar-refractivity contribution in [2.24, 2.45) is 11.5 Å². The number of ether oxygens (including phenoxy) is 2. The van der Waals surface area contributed by atoms with Crippen molar-refractivity contribution in [3.8, 4) is 11.5 Å². The number of nitrogens with zero attached hydrogens (tertiary/aromatic N) is 10. The average Bonchev–Trinajstić information content (AvgIpc) is 4.10. The quantitative estimate of drug-likeness (QED) is 0.0484. The number of carbonyl (C=O) groups is 5. The van der Waals surface area contributed by atoms with Gasteiger partial charge in [-0.05, 0) is 90.5 Å². The molecule has 1 aliphatic heterocycles. The van der Waals surface area contributed by atoms with Crippen LogP contribution in [0.2, 0.25) is 0 Å². The first-order valence-corrected chi connectivity index (χ1v) is 23.1. The lowest BCUT2D eigenvalue weighted by Gasteiger charge is -2.34. The van der Waals surface area contributed by atoms with Crippen LogP contribution in [0.25, 0.3) is 22.1 Å². The van der Waals surface area contributed by atoms with Crippen LogP contribution in [-0.4, -0.2) is 138 Å². The van der Waals surface area contributed by atoms with Gasteiger partial charge in [-0.15, -0.1) is 0 Å². The molecule has 22 heteroatoms. The lowest BCUT2D eigenvalue weighted by atomic mass is 10.1. The second kappa shape index (κ2) is 22.0. The van der Waals surface area contributed by atoms with Crippen molar-refractivity contribution in [1.29, 1.82) is 0 Å². The highest BCUT2D eigenvalue weighted by Crippen LogP contribution is 2.33. The Labute approximate surface area is 398 Å². The Balaban J connectivity index is 1.18. The minimum Gasteiger partial charge on any atom is -0.494 e. The van der Waals surface area contributed by atoms with Gasteiger partial charge in [-0.3, -0.25) is 48.9 Å². The number of fused-ring (bicyclic) bond motifs is 2. The number of rotatable bonds is 22. The Morgan fingerprint density at radius 2 is 1.22 bits per heavy atom. The highest BCUT2D eigenvalue weighted by molar-refractivity contribution is 6.05. The van der Waals surface area contributed by atoms with E-state index in [1.165, 1.54) is 19.2 Å². The third-order valence-corrected chi connectivity index (χ3v) is 11.9. The standard InChI is InChI=1S/C47H61N15O7/c1-7-61-35(23-29(3)55-61)44(66)53-46-51-33-25-31(42(48)64)27-37(68-6)40(33)59(46)16-9-10-17-60-41-34(52-47(60)54-45(67)36-24-30(4)56-62(36)8-2)26-32(43(49)65)28-38(41)69-22-12-15-57-18-20-58(21-19-57)39(63)13-11-14-50-5/h9-10,23-28,50H,7-8,11-22H2,1-6H3,(H2,48,64)(H2,49,65)(H,51,53,66)(H,52,54,67)/b10-9+. The summed E-state index contributed by atoms with van der Waals surface area (Å²) < 4.78 is 18.9. The number of primary amides is 2. The maximum absolute atomic E-state index is 13.9. The Hall–Kier alpha value is -7.59. The lowest BCUT2D eigenvalue weighted by molar-refractivity contribution is -0.133. The lowest BCUT2D eigenvalue weighted by Crippen LogP contribution is -2.49. The average molecular weight is 948 g/mol. The molecule has 0 saturated carbocycles. The van der Waals surface area contributed by atoms with E-state index in [0.717, 1.165) is 32.6 Å². The number of hydrogen-bond acceptors (Lipinski definition) is 13. The van der Waals surface area contributed by atoms with Gasteiger partial charge < -0.3 is 40.3 Å². The van der Waals surface area contributed by atoms with Gasteiger partial charge >= 0.3 is 0 Å². The van der Waals surface area contributed by atoms with E-state index in [-0.39, 0.29) is 48.6 Å². The van der Waals surface area contributed by atoms with E-state index in [4.69, 9.17) is 30.9 Å². The van der Waals surface area contributed by atoms with Gasteiger partial charge in [0.05, 0.1) is 36.1 Å². The predicted molar refractivity (Wildman–Crippen MR) is 260 cm³/mol. The summed E-state index contributed by atoms with van der Waals surface area (Å²) in [6, 6.07) is 9.57. The molecule has 6 aromatic rings. The second-order valence-corrected chi connectivity index (χ2v) is 16.7. The number of benzene rings is 2. The van der Waals surface area contributed by atoms with E-state index in [9.17, 15) is 24.0 Å². The summed E-state index contributed by atoms with van der Waals surface area (Å²) in [6.07, 6.45) is 5.68. The van der Waals surface area contributed by atoms with Crippen LogP contribution in [0.5, 0.6) is 11.5 Å². The molecule has 7 rings (SSSR count). The SMILES string of the molecule is CCn1nc(C)cc1C(=O)Nc1nc2cc(C(N)=O)cc(OC)c2n1C/C=C/Cn1c(NC(=O)c2cc(C)nn2CC)nc2cc(C(N)=O)cc(OCCCN3CCN(C(=O)CCCNC)CC3)c21. The van der Waals surface area contributed by atoms with E-state index in [1.807, 2.05) is 37.9 Å². The molecule has 7 N–H and O–H groups in total. The van der Waals surface area contributed by atoms with Crippen LogP contribution in [0.3, 0.4) is 0 Å². The van der Waals surface area contributed by atoms with Crippen molar-refractivity contribution in [2.45, 2.75) is 73.1 Å². The molecule has 69 heavy (non-hydrogen) atoms. The zero-order chi connectivity index (χ0) is 49.4. The van der Waals surface area contributed by atoms with Crippen LogP contribution in [0.15, 0.2) is 48.6 Å². The van der Waals surface area contributed by atoms with E-state index >= 15 is 0 Å². The number of imidazole rings is 2. The Morgan fingerprint density at radius 1 is 0.710 bits per heavy atom. The first kappa shape index (κ1) is 49.3. The number of aromatic nitrogens is 8. The first-order valence-electron chi connectivity index (χ1n) is 23.1. The largest absolute Gasteiger partial charge is 0.494 e. The number of piperazine rings is 1. The molecule has 5 heterocycles. The molecule has 22 nitrogen and oxygen atoms in total. The van der Waals surface area contributed by atoms with Gasteiger partial charge in [0.2, 0.25) is 29.6 Å². The fourth-order valence-corrected chi connectivity index (χ4v) is 8.45. The Bertz CT molecular complexity index is 2900. The summed E-state index contributed by atoms with van der Waals surface area (Å²) >= 11 is 0. The summed E-state index contributed by atoms with van der Waals surface area (Å²) in [5, 5.41) is 17.8. The van der Waals surface area contributed by atoms with Gasteiger partial charge in [0.15, 0.2) is 0 Å². The third kappa shape index (κ3) is 11.2. The summed E-state index contributed by atoms with van der Waals surface area (Å²) in [5.74, 6) is -1.05. The molecule has 0 radical (unpaired) electrons. The number of aryl methyl sites for hydroxylation is 4. The van der Waals surface area contributed by atoms with E-state index in [0.29, 0.717) is 95.4 Å². The van der Waals surface area contributed by atoms with Crippen molar-refractivity contribution in [1.82, 2.24) is 53.8 Å². The molecule has 1 fully saturated rings. The van der Waals surface area contributed by atoms with Crippen LogP contribution >= 0.6 is 0 Å². The monoisotopic (exact) mass is 947 g/mol. The molecule has 4 aromatic heterocycles. The zero-order valence-corrected chi connectivity index (χ0v) is 40.0. The summed E-state index contributed by atoms with van der Waals surface area (Å²) in [4.78, 5) is 79.0. The maximum atomic E-state index is 13.9. The van der Waals surface area contributed by atoms with E-state index in [2.05, 4.69) is 31.0 Å². The first-order chi connectivity index (χ1) is 33.2. The fraction of sp³-hybridized carbons (Fsp3) is 0.426. The van der Waals surface area contributed by atoms with E-state index < -0.39 is 23.6 Å². The maximum Gasteiger partial charge on any atom is 0.276 e. The molecular formula is C47H61N15O7. The summed E-state index contributed by atoms with van der Waals surface area (Å²) in [7, 11) is 3.34. The van der Waals surface area contributed by atoms with Crippen LogP contribution < -0.4 is 36.9 Å². The number of anilines is 2. The molecule has 1 saturated heterocycles. The van der Waals surface area contributed by atoms with Gasteiger partial charge in [-0.25, -0.2) is 9.97 Å². The number of nitrogens with one attached hydrogen (secondary N) is 3. The van der Waals surface area contributed by atoms with E-state index in [1.54, 1.807) is 56.6 Å². The topological polar surface area (TPSA) is 270 Å². The molecule has 5 amide bonds. The number of allylic oxidation sites excluding steroid dienone is 2. The number of hydrogen-bond donors (Lipinski definition) is 5. The van der Waals surface area contributed by atoms with Crippen molar-refractivity contribution in [3.05, 3.63) is 82.5 Å². The number of amides is 5. The molecule has 0 spiro atoms. The minimum absolute atomic E-state index is 0.147.